The first-order valence-electron chi connectivity index (χ1n) is 7.79. The summed E-state index contributed by atoms with van der Waals surface area (Å²) in [6.07, 6.45) is 0.839. The van der Waals surface area contributed by atoms with Crippen LogP contribution in [0.2, 0.25) is 6.32 Å². The van der Waals surface area contributed by atoms with E-state index in [4.69, 9.17) is 27.2 Å². The largest absolute Gasteiger partial charge is 0.480 e. The van der Waals surface area contributed by atoms with Crippen molar-refractivity contribution in [3.63, 3.8) is 0 Å². The number of carbonyl (C=O) groups excluding carboxylic acids is 2. The third-order valence-electron chi connectivity index (χ3n) is 4.37. The molecular weight excluding hydrogens is 319 g/mol. The maximum absolute atomic E-state index is 12.3. The van der Waals surface area contributed by atoms with Crippen molar-refractivity contribution in [1.29, 1.82) is 0 Å². The molecule has 1 aliphatic heterocycles. The molecule has 1 saturated heterocycles. The Morgan fingerprint density at radius 2 is 1.96 bits per heavy atom. The number of likely N-dealkylation sites (tertiary alicyclic amines) is 1. The fourth-order valence-corrected chi connectivity index (χ4v) is 2.90. The van der Waals surface area contributed by atoms with Gasteiger partial charge in [0.25, 0.3) is 0 Å². The zero-order chi connectivity index (χ0) is 18.5. The zero-order valence-corrected chi connectivity index (χ0v) is 13.4. The molecule has 10 nitrogen and oxygen atoms in total. The van der Waals surface area contributed by atoms with Gasteiger partial charge in [0.1, 0.15) is 5.54 Å². The number of carbonyl (C=O) groups is 3. The first kappa shape index (κ1) is 20.4. The fraction of sp³-hybridized carbons (Fsp3) is 0.769. The Morgan fingerprint density at radius 1 is 1.33 bits per heavy atom. The number of amides is 2. The van der Waals surface area contributed by atoms with Crippen LogP contribution in [0, 0.1) is 5.92 Å². The van der Waals surface area contributed by atoms with Gasteiger partial charge in [-0.25, -0.2) is 0 Å². The van der Waals surface area contributed by atoms with E-state index < -0.39 is 42.4 Å². The van der Waals surface area contributed by atoms with Crippen molar-refractivity contribution in [1.82, 2.24) is 4.90 Å². The smallest absolute Gasteiger partial charge is 0.451 e. The van der Waals surface area contributed by atoms with Gasteiger partial charge in [-0.05, 0) is 19.2 Å². The van der Waals surface area contributed by atoms with Crippen molar-refractivity contribution in [2.24, 2.45) is 23.1 Å². The van der Waals surface area contributed by atoms with E-state index in [0.29, 0.717) is 12.8 Å². The van der Waals surface area contributed by atoms with Crippen molar-refractivity contribution >= 4 is 24.9 Å². The average molecular weight is 344 g/mol. The molecular formula is C13H25BN4O6. The van der Waals surface area contributed by atoms with E-state index in [9.17, 15) is 19.5 Å². The van der Waals surface area contributed by atoms with E-state index >= 15 is 0 Å². The van der Waals surface area contributed by atoms with E-state index in [1.54, 1.807) is 0 Å². The predicted molar refractivity (Wildman–Crippen MR) is 85.3 cm³/mol. The molecule has 0 aromatic rings. The molecule has 1 fully saturated rings. The molecule has 9 N–H and O–H groups in total. The second-order valence-electron chi connectivity index (χ2n) is 6.28. The van der Waals surface area contributed by atoms with Gasteiger partial charge in [-0.2, -0.15) is 0 Å². The van der Waals surface area contributed by atoms with Crippen molar-refractivity contribution < 1.29 is 29.5 Å². The summed E-state index contributed by atoms with van der Waals surface area (Å²) in [6.45, 7) is -0.0643. The summed E-state index contributed by atoms with van der Waals surface area (Å²) in [5, 5.41) is 27.2. The highest BCUT2D eigenvalue weighted by Gasteiger charge is 2.50. The maximum Gasteiger partial charge on any atom is 0.451 e. The summed E-state index contributed by atoms with van der Waals surface area (Å²) < 4.78 is 0. The highest BCUT2D eigenvalue weighted by Crippen LogP contribution is 2.31. The molecule has 11 heteroatoms. The third kappa shape index (κ3) is 5.16. The van der Waals surface area contributed by atoms with Gasteiger partial charge in [0.05, 0.1) is 6.04 Å². The minimum Gasteiger partial charge on any atom is -0.480 e. The summed E-state index contributed by atoms with van der Waals surface area (Å²) in [4.78, 5) is 35.9. The summed E-state index contributed by atoms with van der Waals surface area (Å²) in [6, 6.07) is -0.950. The zero-order valence-electron chi connectivity index (χ0n) is 13.4. The summed E-state index contributed by atoms with van der Waals surface area (Å²) in [7, 11) is -1.47. The molecule has 2 unspecified atom stereocenters. The highest BCUT2D eigenvalue weighted by molar-refractivity contribution is 6.40. The van der Waals surface area contributed by atoms with Crippen molar-refractivity contribution in [3.8, 4) is 0 Å². The minimum atomic E-state index is -1.61. The van der Waals surface area contributed by atoms with E-state index in [0.717, 1.165) is 0 Å². The van der Waals surface area contributed by atoms with Crippen LogP contribution in [0.15, 0.2) is 0 Å². The molecule has 0 saturated carbocycles. The molecule has 2 amide bonds. The maximum atomic E-state index is 12.3. The van der Waals surface area contributed by atoms with Gasteiger partial charge in [0.2, 0.25) is 11.8 Å². The second-order valence-corrected chi connectivity index (χ2v) is 6.28. The predicted octanol–water partition coefficient (Wildman–Crippen LogP) is -2.93. The number of rotatable bonds is 9. The van der Waals surface area contributed by atoms with Gasteiger partial charge in [-0.1, -0.05) is 6.42 Å². The number of primary amides is 1. The lowest BCUT2D eigenvalue weighted by atomic mass is 9.78. The van der Waals surface area contributed by atoms with Crippen LogP contribution in [0.1, 0.15) is 25.7 Å². The van der Waals surface area contributed by atoms with Crippen LogP contribution in [0.3, 0.4) is 0 Å². The Morgan fingerprint density at radius 3 is 2.46 bits per heavy atom. The van der Waals surface area contributed by atoms with Gasteiger partial charge in [0, 0.05) is 25.4 Å². The van der Waals surface area contributed by atoms with Gasteiger partial charge >= 0.3 is 13.1 Å². The highest BCUT2D eigenvalue weighted by atomic mass is 16.4. The van der Waals surface area contributed by atoms with Crippen LogP contribution in [0.4, 0.5) is 0 Å². The Hall–Kier alpha value is -1.69. The summed E-state index contributed by atoms with van der Waals surface area (Å²) in [5.74, 6) is -2.80. The van der Waals surface area contributed by atoms with Gasteiger partial charge < -0.3 is 37.3 Å². The van der Waals surface area contributed by atoms with Crippen LogP contribution in [-0.2, 0) is 14.4 Å². The van der Waals surface area contributed by atoms with E-state index in [1.165, 1.54) is 4.90 Å². The molecule has 0 aromatic heterocycles. The van der Waals surface area contributed by atoms with Gasteiger partial charge in [-0.15, -0.1) is 0 Å². The second kappa shape index (κ2) is 8.42. The first-order chi connectivity index (χ1) is 11.1. The topological polar surface area (TPSA) is 193 Å². The molecule has 24 heavy (non-hydrogen) atoms. The number of aliphatic carboxylic acids is 1. The number of carboxylic acid groups (broad SMARTS) is 1. The number of hydrogen-bond donors (Lipinski definition) is 6. The Kier molecular flexibility index (Phi) is 7.15. The van der Waals surface area contributed by atoms with E-state index in [2.05, 4.69) is 0 Å². The number of nitrogens with zero attached hydrogens (tertiary/aromatic N) is 1. The van der Waals surface area contributed by atoms with Crippen LogP contribution in [0.25, 0.3) is 0 Å². The monoisotopic (exact) mass is 344 g/mol. The Balaban J connectivity index is 2.72. The third-order valence-corrected chi connectivity index (χ3v) is 4.37. The van der Waals surface area contributed by atoms with Crippen molar-refractivity contribution in [3.05, 3.63) is 0 Å². The van der Waals surface area contributed by atoms with Crippen LogP contribution >= 0.6 is 0 Å². The number of hydrogen-bond acceptors (Lipinski definition) is 7. The molecule has 3 atom stereocenters. The molecule has 0 aromatic carbocycles. The Labute approximate surface area is 140 Å². The molecule has 0 aliphatic carbocycles. The number of nitrogens with two attached hydrogens (primary N) is 3. The van der Waals surface area contributed by atoms with Crippen molar-refractivity contribution in [2.75, 3.05) is 13.1 Å². The SMILES string of the molecule is NC(=O)CCC(N)C(=O)N1CC(CCCB(O)O)[C@](N)(C(=O)O)C1. The molecule has 136 valence electrons. The number of carboxylic acids is 1. The summed E-state index contributed by atoms with van der Waals surface area (Å²) >= 11 is 0. The molecule has 1 heterocycles. The van der Waals surface area contributed by atoms with E-state index in [-0.39, 0.29) is 32.3 Å². The van der Waals surface area contributed by atoms with Crippen LogP contribution in [-0.4, -0.2) is 69.6 Å². The molecule has 0 radical (unpaired) electrons. The first-order valence-corrected chi connectivity index (χ1v) is 7.79. The lowest BCUT2D eigenvalue weighted by Gasteiger charge is -2.25. The normalized spacial score (nSPS) is 24.7. The average Bonchev–Trinajstić information content (AvgIpc) is 2.82. The van der Waals surface area contributed by atoms with Gasteiger partial charge in [0.15, 0.2) is 0 Å². The van der Waals surface area contributed by atoms with Crippen molar-refractivity contribution in [2.45, 2.75) is 43.6 Å². The molecule has 0 spiro atoms. The lowest BCUT2D eigenvalue weighted by molar-refractivity contribution is -0.144. The lowest BCUT2D eigenvalue weighted by Crippen LogP contribution is -2.55. The quantitative estimate of drug-likeness (QED) is 0.239. The molecule has 1 rings (SSSR count). The minimum absolute atomic E-state index is 0.0364. The molecule has 1 aliphatic rings. The van der Waals surface area contributed by atoms with Crippen LogP contribution in [0.5, 0.6) is 0 Å². The standard InChI is InChI=1S/C13H25BN4O6/c15-9(3-4-10(16)19)11(20)18-6-8(2-1-5-14(23)24)13(17,7-18)12(21)22/h8-9,23-24H,1-7,15,17H2,(H2,16,19)(H,21,22)/t8?,9?,13-/m0/s1. The molecule has 0 bridgehead atoms. The van der Waals surface area contributed by atoms with E-state index in [1.807, 2.05) is 0 Å². The summed E-state index contributed by atoms with van der Waals surface area (Å²) in [5.41, 5.74) is 15.1. The Bertz CT molecular complexity index is 491. The fourth-order valence-electron chi connectivity index (χ4n) is 2.90. The van der Waals surface area contributed by atoms with Crippen LogP contribution < -0.4 is 17.2 Å². The van der Waals surface area contributed by atoms with Gasteiger partial charge in [-0.3, -0.25) is 14.4 Å².